The summed E-state index contributed by atoms with van der Waals surface area (Å²) in [7, 11) is 6.83. The molecule has 0 spiro atoms. The Morgan fingerprint density at radius 2 is 1.85 bits per heavy atom. The van der Waals surface area contributed by atoms with E-state index >= 15 is 0 Å². The summed E-state index contributed by atoms with van der Waals surface area (Å²) in [5, 5.41) is 5.56. The van der Waals surface area contributed by atoms with E-state index in [0.29, 0.717) is 23.7 Å². The Morgan fingerprint density at radius 3 is 2.46 bits per heavy atom. The third-order valence-electron chi connectivity index (χ3n) is 3.95. The standard InChI is InChI=1S/C19H24FN3O3/c1-23(2)16(13-6-5-7-14(20)10-13)12-21-19(24)22-15-8-9-17(25-3)18(11-15)26-4/h5-11,16H,12H2,1-4H3,(H2,21,22,24). The lowest BCUT2D eigenvalue weighted by molar-refractivity contribution is 0.243. The number of nitrogens with zero attached hydrogens (tertiary/aromatic N) is 1. The quantitative estimate of drug-likeness (QED) is 0.795. The molecule has 1 unspecified atom stereocenters. The molecule has 0 aliphatic carbocycles. The van der Waals surface area contributed by atoms with E-state index in [9.17, 15) is 9.18 Å². The molecule has 6 nitrogen and oxygen atoms in total. The van der Waals surface area contributed by atoms with Crippen LogP contribution in [0.2, 0.25) is 0 Å². The zero-order valence-electron chi connectivity index (χ0n) is 15.4. The predicted molar refractivity (Wildman–Crippen MR) is 99.4 cm³/mol. The minimum absolute atomic E-state index is 0.151. The SMILES string of the molecule is COc1ccc(NC(=O)NCC(c2cccc(F)c2)N(C)C)cc1OC. The zero-order chi connectivity index (χ0) is 19.1. The smallest absolute Gasteiger partial charge is 0.319 e. The third-order valence-corrected chi connectivity index (χ3v) is 3.95. The van der Waals surface area contributed by atoms with Gasteiger partial charge in [0.15, 0.2) is 11.5 Å². The molecule has 0 saturated carbocycles. The van der Waals surface area contributed by atoms with Gasteiger partial charge in [0, 0.05) is 18.3 Å². The number of carbonyl (C=O) groups is 1. The molecule has 1 atom stereocenters. The number of halogens is 1. The molecule has 0 bridgehead atoms. The van der Waals surface area contributed by atoms with E-state index in [1.807, 2.05) is 25.1 Å². The molecule has 0 radical (unpaired) electrons. The molecule has 26 heavy (non-hydrogen) atoms. The Morgan fingerprint density at radius 1 is 1.12 bits per heavy atom. The van der Waals surface area contributed by atoms with Crippen LogP contribution in [0.1, 0.15) is 11.6 Å². The van der Waals surface area contributed by atoms with Crippen LogP contribution in [0.15, 0.2) is 42.5 Å². The summed E-state index contributed by atoms with van der Waals surface area (Å²) in [6.45, 7) is 0.329. The average molecular weight is 361 g/mol. The minimum atomic E-state index is -0.361. The van der Waals surface area contributed by atoms with Crippen LogP contribution in [0.3, 0.4) is 0 Å². The van der Waals surface area contributed by atoms with Crippen LogP contribution in [0.25, 0.3) is 0 Å². The van der Waals surface area contributed by atoms with Crippen molar-refractivity contribution in [3.8, 4) is 11.5 Å². The first-order valence-corrected chi connectivity index (χ1v) is 8.13. The fourth-order valence-electron chi connectivity index (χ4n) is 2.59. The summed E-state index contributed by atoms with van der Waals surface area (Å²) >= 11 is 0. The number of amides is 2. The molecular formula is C19H24FN3O3. The van der Waals surface area contributed by atoms with Crippen LogP contribution >= 0.6 is 0 Å². The zero-order valence-corrected chi connectivity index (χ0v) is 15.4. The van der Waals surface area contributed by atoms with Gasteiger partial charge in [-0.15, -0.1) is 0 Å². The molecule has 2 N–H and O–H groups in total. The van der Waals surface area contributed by atoms with Crippen LogP contribution in [0, 0.1) is 5.82 Å². The van der Waals surface area contributed by atoms with E-state index in [0.717, 1.165) is 5.56 Å². The molecule has 0 saturated heterocycles. The normalized spacial score (nSPS) is 11.8. The van der Waals surface area contributed by atoms with E-state index < -0.39 is 0 Å². The summed E-state index contributed by atoms with van der Waals surface area (Å²) in [5.74, 6) is 0.803. The molecule has 0 aliphatic rings. The number of ether oxygens (including phenoxy) is 2. The van der Waals surface area contributed by atoms with Crippen LogP contribution in [0.5, 0.6) is 11.5 Å². The molecule has 2 amide bonds. The van der Waals surface area contributed by atoms with E-state index in [1.54, 1.807) is 31.4 Å². The molecule has 0 fully saturated rings. The third kappa shape index (κ3) is 5.10. The van der Waals surface area contributed by atoms with Gasteiger partial charge in [0.05, 0.1) is 20.3 Å². The van der Waals surface area contributed by atoms with Gasteiger partial charge in [-0.25, -0.2) is 9.18 Å². The maximum atomic E-state index is 13.5. The highest BCUT2D eigenvalue weighted by Crippen LogP contribution is 2.29. The molecular weight excluding hydrogens is 337 g/mol. The van der Waals surface area contributed by atoms with Crippen molar-refractivity contribution in [1.29, 1.82) is 0 Å². The number of methoxy groups -OCH3 is 2. The van der Waals surface area contributed by atoms with Crippen LogP contribution in [0.4, 0.5) is 14.9 Å². The molecule has 2 rings (SSSR count). The number of nitrogens with one attached hydrogen (secondary N) is 2. The van der Waals surface area contributed by atoms with Crippen molar-refractivity contribution in [3.05, 3.63) is 53.8 Å². The van der Waals surface area contributed by atoms with Crippen molar-refractivity contribution in [2.45, 2.75) is 6.04 Å². The van der Waals surface area contributed by atoms with Gasteiger partial charge >= 0.3 is 6.03 Å². The van der Waals surface area contributed by atoms with Gasteiger partial charge in [0.1, 0.15) is 5.82 Å². The lowest BCUT2D eigenvalue weighted by Crippen LogP contribution is -2.36. The maximum Gasteiger partial charge on any atom is 0.319 e. The lowest BCUT2D eigenvalue weighted by atomic mass is 10.1. The Bertz CT molecular complexity index is 753. The van der Waals surface area contributed by atoms with E-state index in [4.69, 9.17) is 9.47 Å². The monoisotopic (exact) mass is 361 g/mol. The molecule has 2 aromatic carbocycles. The van der Waals surface area contributed by atoms with Gasteiger partial charge < -0.3 is 25.0 Å². The molecule has 0 aliphatic heterocycles. The topological polar surface area (TPSA) is 62.8 Å². The first-order valence-electron chi connectivity index (χ1n) is 8.13. The Labute approximate surface area is 152 Å². The summed E-state index contributed by atoms with van der Waals surface area (Å²) in [6, 6.07) is 11.0. The maximum absolute atomic E-state index is 13.5. The Kier molecular flexibility index (Phi) is 6.80. The number of benzene rings is 2. The van der Waals surface area contributed by atoms with Crippen molar-refractivity contribution in [2.24, 2.45) is 0 Å². The van der Waals surface area contributed by atoms with Gasteiger partial charge in [-0.05, 0) is 43.9 Å². The van der Waals surface area contributed by atoms with E-state index in [-0.39, 0.29) is 17.9 Å². The Balaban J connectivity index is 2.00. The molecule has 140 valence electrons. The number of likely N-dealkylation sites (N-methyl/N-ethyl adjacent to an activating group) is 1. The van der Waals surface area contributed by atoms with Gasteiger partial charge in [0.2, 0.25) is 0 Å². The van der Waals surface area contributed by atoms with Crippen LogP contribution < -0.4 is 20.1 Å². The summed E-state index contributed by atoms with van der Waals surface area (Å²) < 4.78 is 23.9. The largest absolute Gasteiger partial charge is 0.493 e. The van der Waals surface area contributed by atoms with Crippen molar-refractivity contribution >= 4 is 11.7 Å². The minimum Gasteiger partial charge on any atom is -0.493 e. The number of carbonyl (C=O) groups excluding carboxylic acids is 1. The van der Waals surface area contributed by atoms with Gasteiger partial charge in [-0.3, -0.25) is 0 Å². The second-order valence-corrected chi connectivity index (χ2v) is 5.94. The lowest BCUT2D eigenvalue weighted by Gasteiger charge is -2.25. The highest BCUT2D eigenvalue weighted by Gasteiger charge is 2.16. The summed E-state index contributed by atoms with van der Waals surface area (Å²) in [6.07, 6.45) is 0. The second kappa shape index (κ2) is 9.05. The van der Waals surface area contributed by atoms with Crippen LogP contribution in [-0.4, -0.2) is 45.8 Å². The van der Waals surface area contributed by atoms with E-state index in [2.05, 4.69) is 10.6 Å². The number of hydrogen-bond donors (Lipinski definition) is 2. The second-order valence-electron chi connectivity index (χ2n) is 5.94. The molecule has 2 aromatic rings. The Hall–Kier alpha value is -2.80. The number of anilines is 1. The molecule has 0 aromatic heterocycles. The molecule has 0 heterocycles. The summed E-state index contributed by atoms with van der Waals surface area (Å²) in [4.78, 5) is 14.1. The average Bonchev–Trinajstić information content (AvgIpc) is 2.61. The van der Waals surface area contributed by atoms with Crippen molar-refractivity contribution in [2.75, 3.05) is 40.2 Å². The van der Waals surface area contributed by atoms with Gasteiger partial charge in [-0.2, -0.15) is 0 Å². The van der Waals surface area contributed by atoms with Crippen molar-refractivity contribution < 1.29 is 18.7 Å². The number of urea groups is 1. The van der Waals surface area contributed by atoms with Gasteiger partial charge in [-0.1, -0.05) is 12.1 Å². The van der Waals surface area contributed by atoms with Crippen molar-refractivity contribution in [3.63, 3.8) is 0 Å². The summed E-state index contributed by atoms with van der Waals surface area (Å²) in [5.41, 5.74) is 1.37. The predicted octanol–water partition coefficient (Wildman–Crippen LogP) is 3.27. The molecule has 7 heteroatoms. The van der Waals surface area contributed by atoms with Crippen molar-refractivity contribution in [1.82, 2.24) is 10.2 Å². The van der Waals surface area contributed by atoms with Gasteiger partial charge in [0.25, 0.3) is 0 Å². The first-order chi connectivity index (χ1) is 12.4. The number of rotatable bonds is 7. The number of hydrogen-bond acceptors (Lipinski definition) is 4. The highest BCUT2D eigenvalue weighted by atomic mass is 19.1. The van der Waals surface area contributed by atoms with E-state index in [1.165, 1.54) is 19.2 Å². The van der Waals surface area contributed by atoms with Crippen LogP contribution in [-0.2, 0) is 0 Å². The highest BCUT2D eigenvalue weighted by molar-refractivity contribution is 5.89. The first kappa shape index (κ1) is 19.5. The fraction of sp³-hybridized carbons (Fsp3) is 0.316. The fourth-order valence-corrected chi connectivity index (χ4v) is 2.59.